The molecule has 1 amide bonds. The summed E-state index contributed by atoms with van der Waals surface area (Å²) in [6.45, 7) is 7.72. The fraction of sp³-hybridized carbons (Fsp3) is 0.455. The number of hydrogen-bond acceptors (Lipinski definition) is 5. The first-order valence-corrected chi connectivity index (χ1v) is 13.7. The number of aromatic nitrogens is 1. The van der Waals surface area contributed by atoms with E-state index in [-0.39, 0.29) is 12.5 Å². The molecule has 166 valence electrons. The minimum atomic E-state index is -3.55. The zero-order valence-electron chi connectivity index (χ0n) is 17.9. The Morgan fingerprint density at radius 3 is 2.77 bits per heavy atom. The van der Waals surface area contributed by atoms with E-state index in [0.29, 0.717) is 34.3 Å². The lowest BCUT2D eigenvalue weighted by Crippen LogP contribution is -2.42. The molecule has 4 rings (SSSR count). The average Bonchev–Trinajstić information content (AvgIpc) is 3.41. The number of nitrogens with zero attached hydrogens (tertiary/aromatic N) is 3. The Morgan fingerprint density at radius 1 is 1.29 bits per heavy atom. The van der Waals surface area contributed by atoms with Crippen LogP contribution in [0.2, 0.25) is 0 Å². The van der Waals surface area contributed by atoms with Gasteiger partial charge < -0.3 is 4.57 Å². The van der Waals surface area contributed by atoms with Gasteiger partial charge in [-0.2, -0.15) is 9.30 Å². The molecule has 1 aliphatic rings. The Bertz CT molecular complexity index is 1250. The zero-order chi connectivity index (χ0) is 22.2. The van der Waals surface area contributed by atoms with Gasteiger partial charge in [-0.1, -0.05) is 37.3 Å². The van der Waals surface area contributed by atoms with Crippen molar-refractivity contribution < 1.29 is 13.2 Å². The molecule has 31 heavy (non-hydrogen) atoms. The molecule has 0 aliphatic carbocycles. The number of aryl methyl sites for hydroxylation is 1. The smallest absolute Gasteiger partial charge is 0.252 e. The van der Waals surface area contributed by atoms with Crippen LogP contribution in [0.25, 0.3) is 10.2 Å². The number of thiazole rings is 1. The molecular weight excluding hydrogens is 450 g/mol. The molecule has 1 unspecified atom stereocenters. The average molecular weight is 478 g/mol. The van der Waals surface area contributed by atoms with Crippen LogP contribution in [0, 0.1) is 5.92 Å². The summed E-state index contributed by atoms with van der Waals surface area (Å²) in [5, 5.41) is 1.75. The topological polar surface area (TPSA) is 71.7 Å². The molecule has 1 saturated heterocycles. The molecule has 2 aromatic heterocycles. The van der Waals surface area contributed by atoms with Crippen LogP contribution in [0.1, 0.15) is 45.1 Å². The Morgan fingerprint density at radius 2 is 2.10 bits per heavy atom. The second-order valence-corrected chi connectivity index (χ2v) is 12.2. The number of amides is 1. The number of carbonyl (C=O) groups is 1. The van der Waals surface area contributed by atoms with Gasteiger partial charge in [0.15, 0.2) is 4.80 Å². The number of rotatable bonds is 5. The van der Waals surface area contributed by atoms with E-state index in [0.717, 1.165) is 16.8 Å². The lowest BCUT2D eigenvalue weighted by molar-refractivity contribution is -0.122. The first kappa shape index (κ1) is 22.4. The number of thiophene rings is 1. The summed E-state index contributed by atoms with van der Waals surface area (Å²) in [5.74, 6) is -0.212. The van der Waals surface area contributed by atoms with Gasteiger partial charge >= 0.3 is 0 Å². The molecule has 1 aliphatic heterocycles. The van der Waals surface area contributed by atoms with E-state index in [1.54, 1.807) is 17.5 Å². The monoisotopic (exact) mass is 477 g/mol. The molecule has 0 radical (unpaired) electrons. The largest absolute Gasteiger partial charge is 0.317 e. The molecule has 9 heteroatoms. The molecule has 0 bridgehead atoms. The molecule has 0 spiro atoms. The lowest BCUT2D eigenvalue weighted by atomic mass is 9.99. The van der Waals surface area contributed by atoms with Crippen molar-refractivity contribution in [3.05, 3.63) is 46.1 Å². The molecule has 3 aromatic rings. The van der Waals surface area contributed by atoms with Crippen molar-refractivity contribution in [2.75, 3.05) is 13.1 Å². The normalized spacial score (nSPS) is 18.8. The van der Waals surface area contributed by atoms with Crippen LogP contribution in [0.4, 0.5) is 0 Å². The maximum Gasteiger partial charge on any atom is 0.252 e. The molecule has 0 saturated carbocycles. The van der Waals surface area contributed by atoms with Crippen molar-refractivity contribution in [3.63, 3.8) is 0 Å². The van der Waals surface area contributed by atoms with E-state index in [2.05, 4.69) is 41.6 Å². The van der Waals surface area contributed by atoms with Gasteiger partial charge in [-0.15, -0.1) is 11.3 Å². The van der Waals surface area contributed by atoms with Crippen LogP contribution < -0.4 is 4.80 Å². The van der Waals surface area contributed by atoms with Crippen LogP contribution in [0.5, 0.6) is 0 Å². The Labute approximate surface area is 190 Å². The Hall–Kier alpha value is -1.81. The summed E-state index contributed by atoms with van der Waals surface area (Å²) in [7, 11) is -3.55. The van der Waals surface area contributed by atoms with Crippen LogP contribution in [0.3, 0.4) is 0 Å². The summed E-state index contributed by atoms with van der Waals surface area (Å²) in [4.78, 5) is 18.2. The second-order valence-electron chi connectivity index (χ2n) is 8.10. The number of carbonyl (C=O) groups excluding carboxylic acids is 1. The molecule has 0 N–H and O–H groups in total. The van der Waals surface area contributed by atoms with Crippen molar-refractivity contribution in [1.82, 2.24) is 8.87 Å². The standard InChI is InChI=1S/C22H27N3O3S3/c1-4-25-18-10-9-16(15(2)3)13-19(18)30-22(25)23-21(26)17-7-5-11-24(14-17)31(27,28)20-8-6-12-29-20/h6,8-10,12-13,15,17H,4-5,7,11,14H2,1-3H3. The maximum atomic E-state index is 13.1. The van der Waals surface area contributed by atoms with Crippen molar-refractivity contribution in [3.8, 4) is 0 Å². The van der Waals surface area contributed by atoms with Gasteiger partial charge in [0.2, 0.25) is 0 Å². The third-order valence-corrected chi connectivity index (χ3v) is 10.00. The summed E-state index contributed by atoms with van der Waals surface area (Å²) >= 11 is 2.73. The van der Waals surface area contributed by atoms with Gasteiger partial charge in [0.25, 0.3) is 15.9 Å². The van der Waals surface area contributed by atoms with Crippen molar-refractivity contribution in [2.24, 2.45) is 10.9 Å². The zero-order valence-corrected chi connectivity index (χ0v) is 20.4. The number of sulfonamides is 1. The van der Waals surface area contributed by atoms with Crippen LogP contribution in [0.15, 0.2) is 44.9 Å². The molecule has 6 nitrogen and oxygen atoms in total. The molecular formula is C22H27N3O3S3. The highest BCUT2D eigenvalue weighted by Crippen LogP contribution is 2.27. The van der Waals surface area contributed by atoms with Crippen LogP contribution in [-0.4, -0.2) is 36.3 Å². The van der Waals surface area contributed by atoms with Gasteiger partial charge in [-0.3, -0.25) is 4.79 Å². The van der Waals surface area contributed by atoms with Gasteiger partial charge in [0, 0.05) is 19.6 Å². The Balaban J connectivity index is 1.63. The molecule has 3 heterocycles. The first-order chi connectivity index (χ1) is 14.8. The van der Waals surface area contributed by atoms with Gasteiger partial charge in [0.1, 0.15) is 4.21 Å². The summed E-state index contributed by atoms with van der Waals surface area (Å²) in [6, 6.07) is 9.75. The first-order valence-electron chi connectivity index (χ1n) is 10.6. The van der Waals surface area contributed by atoms with Crippen LogP contribution >= 0.6 is 22.7 Å². The van der Waals surface area contributed by atoms with E-state index >= 15 is 0 Å². The summed E-state index contributed by atoms with van der Waals surface area (Å²) in [5.41, 5.74) is 2.34. The highest BCUT2D eigenvalue weighted by Gasteiger charge is 2.33. The third-order valence-electron chi connectivity index (χ3n) is 5.72. The SMILES string of the molecule is CCn1c(=NC(=O)C2CCCN(S(=O)(=O)c3cccs3)C2)sc2cc(C(C)C)ccc21. The van der Waals surface area contributed by atoms with Gasteiger partial charge in [-0.25, -0.2) is 8.42 Å². The fourth-order valence-electron chi connectivity index (χ4n) is 3.93. The molecule has 1 aromatic carbocycles. The number of fused-ring (bicyclic) bond motifs is 1. The second kappa shape index (κ2) is 8.97. The molecule has 1 atom stereocenters. The van der Waals surface area contributed by atoms with E-state index in [1.165, 1.54) is 32.5 Å². The minimum Gasteiger partial charge on any atom is -0.317 e. The summed E-state index contributed by atoms with van der Waals surface area (Å²) < 4.78 is 30.7. The van der Waals surface area contributed by atoms with Crippen molar-refractivity contribution in [2.45, 2.75) is 50.3 Å². The number of benzene rings is 1. The van der Waals surface area contributed by atoms with Gasteiger partial charge in [-0.05, 0) is 54.8 Å². The predicted octanol–water partition coefficient (Wildman–Crippen LogP) is 4.44. The highest BCUT2D eigenvalue weighted by atomic mass is 32.2. The Kier molecular flexibility index (Phi) is 6.48. The van der Waals surface area contributed by atoms with E-state index in [1.807, 2.05) is 6.92 Å². The summed E-state index contributed by atoms with van der Waals surface area (Å²) in [6.07, 6.45) is 1.32. The number of hydrogen-bond donors (Lipinski definition) is 0. The van der Waals surface area contributed by atoms with Crippen molar-refractivity contribution >= 4 is 48.8 Å². The molecule has 1 fully saturated rings. The maximum absolute atomic E-state index is 13.1. The van der Waals surface area contributed by atoms with E-state index in [4.69, 9.17) is 0 Å². The van der Waals surface area contributed by atoms with E-state index < -0.39 is 15.9 Å². The van der Waals surface area contributed by atoms with Crippen molar-refractivity contribution in [1.29, 1.82) is 0 Å². The lowest BCUT2D eigenvalue weighted by Gasteiger charge is -2.29. The fourth-order valence-corrected chi connectivity index (χ4v) is 7.74. The minimum absolute atomic E-state index is 0.192. The van der Waals surface area contributed by atoms with E-state index in [9.17, 15) is 13.2 Å². The predicted molar refractivity (Wildman–Crippen MR) is 126 cm³/mol. The van der Waals surface area contributed by atoms with Gasteiger partial charge in [0.05, 0.1) is 16.1 Å². The quantitative estimate of drug-likeness (QED) is 0.546. The third kappa shape index (κ3) is 4.41. The number of piperidine rings is 1. The highest BCUT2D eigenvalue weighted by molar-refractivity contribution is 7.91. The van der Waals surface area contributed by atoms with Crippen LogP contribution in [-0.2, 0) is 21.4 Å².